The molecule has 178 valence electrons. The molecule has 1 atom stereocenters. The summed E-state index contributed by atoms with van der Waals surface area (Å²) in [6.07, 6.45) is 3.75. The van der Waals surface area contributed by atoms with Gasteiger partial charge in [0.1, 0.15) is 5.75 Å². The predicted molar refractivity (Wildman–Crippen MR) is 138 cm³/mol. The summed E-state index contributed by atoms with van der Waals surface area (Å²) in [5.74, 6) is 0.708. The monoisotopic (exact) mass is 470 g/mol. The van der Waals surface area contributed by atoms with Crippen LogP contribution in [0.1, 0.15) is 57.6 Å². The molecule has 1 aliphatic heterocycles. The first-order valence-electron chi connectivity index (χ1n) is 11.5. The lowest BCUT2D eigenvalue weighted by molar-refractivity contribution is -0.123. The first kappa shape index (κ1) is 24.9. The fourth-order valence-electron chi connectivity index (χ4n) is 4.47. The summed E-state index contributed by atoms with van der Waals surface area (Å²) in [4.78, 5) is 16.6. The van der Waals surface area contributed by atoms with Crippen molar-refractivity contribution < 1.29 is 9.53 Å². The number of halogens is 1. The van der Waals surface area contributed by atoms with E-state index in [2.05, 4.69) is 49.2 Å². The number of hydrogen-bond acceptors (Lipinski definition) is 5. The SMILES string of the molecule is CCCN1c2cc(Cl)c(/C=N/NC(=O)COc3cccc(N(C)C)c3)cc2C(C)CC1(C)C. The number of carbonyl (C=O) groups is 1. The zero-order valence-corrected chi connectivity index (χ0v) is 21.2. The highest BCUT2D eigenvalue weighted by Crippen LogP contribution is 2.45. The molecule has 2 aromatic rings. The van der Waals surface area contributed by atoms with Crippen LogP contribution in [0.3, 0.4) is 0 Å². The maximum absolute atomic E-state index is 12.2. The van der Waals surface area contributed by atoms with E-state index in [1.165, 1.54) is 11.3 Å². The van der Waals surface area contributed by atoms with E-state index in [1.54, 1.807) is 6.21 Å². The highest BCUT2D eigenvalue weighted by molar-refractivity contribution is 6.33. The summed E-state index contributed by atoms with van der Waals surface area (Å²) >= 11 is 6.61. The summed E-state index contributed by atoms with van der Waals surface area (Å²) in [5.41, 5.74) is 6.87. The number of amides is 1. The zero-order valence-electron chi connectivity index (χ0n) is 20.5. The van der Waals surface area contributed by atoms with Gasteiger partial charge in [-0.25, -0.2) is 5.43 Å². The lowest BCUT2D eigenvalue weighted by Crippen LogP contribution is -2.48. The van der Waals surface area contributed by atoms with Crippen LogP contribution in [0, 0.1) is 0 Å². The van der Waals surface area contributed by atoms with Crippen LogP contribution < -0.4 is 20.0 Å². The molecular weight excluding hydrogens is 436 g/mol. The molecule has 1 heterocycles. The van der Waals surface area contributed by atoms with E-state index < -0.39 is 0 Å². The molecule has 0 saturated carbocycles. The molecule has 0 bridgehead atoms. The van der Waals surface area contributed by atoms with Gasteiger partial charge in [-0.1, -0.05) is 31.5 Å². The number of fused-ring (bicyclic) bond motifs is 1. The van der Waals surface area contributed by atoms with Gasteiger partial charge in [0.25, 0.3) is 5.91 Å². The number of benzene rings is 2. The normalized spacial score (nSPS) is 17.1. The van der Waals surface area contributed by atoms with E-state index in [4.69, 9.17) is 16.3 Å². The Morgan fingerprint density at radius 2 is 2.09 bits per heavy atom. The molecule has 6 nitrogen and oxygen atoms in total. The Kier molecular flexibility index (Phi) is 7.90. The van der Waals surface area contributed by atoms with Gasteiger partial charge in [-0.2, -0.15) is 5.10 Å². The Bertz CT molecular complexity index is 1020. The Balaban J connectivity index is 1.66. The molecule has 1 N–H and O–H groups in total. The molecule has 1 aliphatic rings. The van der Waals surface area contributed by atoms with Gasteiger partial charge < -0.3 is 14.5 Å². The zero-order chi connectivity index (χ0) is 24.2. The molecule has 1 amide bonds. The van der Waals surface area contributed by atoms with E-state index in [1.807, 2.05) is 49.3 Å². The maximum atomic E-state index is 12.2. The number of ether oxygens (including phenoxy) is 1. The first-order valence-corrected chi connectivity index (χ1v) is 11.8. The molecular formula is C26H35ClN4O2. The first-order chi connectivity index (χ1) is 15.6. The van der Waals surface area contributed by atoms with Gasteiger partial charge in [0.2, 0.25) is 0 Å². The van der Waals surface area contributed by atoms with Crippen molar-refractivity contribution in [1.82, 2.24) is 5.43 Å². The quantitative estimate of drug-likeness (QED) is 0.412. The van der Waals surface area contributed by atoms with Crippen LogP contribution in [0.25, 0.3) is 0 Å². The van der Waals surface area contributed by atoms with Crippen molar-refractivity contribution in [2.75, 3.05) is 37.0 Å². The highest BCUT2D eigenvalue weighted by Gasteiger charge is 2.36. The fourth-order valence-corrected chi connectivity index (χ4v) is 4.68. The number of anilines is 2. The lowest BCUT2D eigenvalue weighted by atomic mass is 9.79. The number of hydrazone groups is 1. The van der Waals surface area contributed by atoms with Crippen LogP contribution in [-0.2, 0) is 4.79 Å². The van der Waals surface area contributed by atoms with Crippen molar-refractivity contribution >= 4 is 35.1 Å². The van der Waals surface area contributed by atoms with Crippen molar-refractivity contribution in [2.45, 2.75) is 52.0 Å². The van der Waals surface area contributed by atoms with E-state index in [0.717, 1.165) is 30.6 Å². The topological polar surface area (TPSA) is 57.2 Å². The van der Waals surface area contributed by atoms with Gasteiger partial charge in [-0.3, -0.25) is 4.79 Å². The van der Waals surface area contributed by atoms with E-state index in [-0.39, 0.29) is 18.1 Å². The average Bonchev–Trinajstić information content (AvgIpc) is 2.76. The van der Waals surface area contributed by atoms with E-state index >= 15 is 0 Å². The van der Waals surface area contributed by atoms with Crippen LogP contribution in [0.4, 0.5) is 11.4 Å². The molecule has 0 aliphatic carbocycles. The number of nitrogens with one attached hydrogen (secondary N) is 1. The molecule has 1 unspecified atom stereocenters. The summed E-state index contributed by atoms with van der Waals surface area (Å²) in [6, 6.07) is 11.7. The third kappa shape index (κ3) is 5.99. The minimum absolute atomic E-state index is 0.0847. The molecule has 0 radical (unpaired) electrons. The molecule has 0 saturated heterocycles. The van der Waals surface area contributed by atoms with Gasteiger partial charge in [-0.05, 0) is 62.4 Å². The van der Waals surface area contributed by atoms with Crippen LogP contribution in [0.2, 0.25) is 5.02 Å². The standard InChI is InChI=1S/C26H35ClN4O2/c1-7-11-31-24-14-23(27)19(12-22(24)18(2)15-26(31,3)4)16-28-29-25(32)17-33-21-10-8-9-20(13-21)30(5)6/h8-10,12-14,16,18H,7,11,15,17H2,1-6H3,(H,29,32)/b28-16+. The Morgan fingerprint density at radius 3 is 2.79 bits per heavy atom. The van der Waals surface area contributed by atoms with Crippen LogP contribution in [0.5, 0.6) is 5.75 Å². The fraction of sp³-hybridized carbons (Fsp3) is 0.462. The van der Waals surface area contributed by atoms with Crippen LogP contribution >= 0.6 is 11.6 Å². The van der Waals surface area contributed by atoms with Crippen molar-refractivity contribution in [3.63, 3.8) is 0 Å². The minimum Gasteiger partial charge on any atom is -0.484 e. The van der Waals surface area contributed by atoms with Crippen molar-refractivity contribution in [1.29, 1.82) is 0 Å². The summed E-state index contributed by atoms with van der Waals surface area (Å²) in [7, 11) is 3.91. The van der Waals surface area contributed by atoms with Gasteiger partial charge >= 0.3 is 0 Å². The second-order valence-corrected chi connectivity index (χ2v) is 9.88. The summed E-state index contributed by atoms with van der Waals surface area (Å²) < 4.78 is 5.58. The third-order valence-electron chi connectivity index (χ3n) is 6.05. The Labute approximate surface area is 202 Å². The Morgan fingerprint density at radius 1 is 1.33 bits per heavy atom. The van der Waals surface area contributed by atoms with Crippen molar-refractivity contribution in [2.24, 2.45) is 5.10 Å². The molecule has 7 heteroatoms. The second kappa shape index (κ2) is 10.5. The highest BCUT2D eigenvalue weighted by atomic mass is 35.5. The number of rotatable bonds is 8. The summed E-state index contributed by atoms with van der Waals surface area (Å²) in [6.45, 7) is 9.90. The van der Waals surface area contributed by atoms with E-state index in [9.17, 15) is 4.79 Å². The van der Waals surface area contributed by atoms with Gasteiger partial charge in [0, 0.05) is 49.2 Å². The van der Waals surface area contributed by atoms with Gasteiger partial charge in [-0.15, -0.1) is 0 Å². The second-order valence-electron chi connectivity index (χ2n) is 9.48. The molecule has 33 heavy (non-hydrogen) atoms. The molecule has 0 fully saturated rings. The molecule has 0 aromatic heterocycles. The van der Waals surface area contributed by atoms with Crippen LogP contribution in [-0.4, -0.2) is 44.9 Å². The molecule has 3 rings (SSSR count). The minimum atomic E-state index is -0.333. The smallest absolute Gasteiger partial charge is 0.277 e. The predicted octanol–water partition coefficient (Wildman–Crippen LogP) is 5.44. The molecule has 2 aromatic carbocycles. The largest absolute Gasteiger partial charge is 0.484 e. The third-order valence-corrected chi connectivity index (χ3v) is 6.38. The van der Waals surface area contributed by atoms with Gasteiger partial charge in [0.15, 0.2) is 6.61 Å². The average molecular weight is 471 g/mol. The van der Waals surface area contributed by atoms with Crippen molar-refractivity contribution in [3.05, 3.63) is 52.5 Å². The lowest BCUT2D eigenvalue weighted by Gasteiger charge is -2.47. The maximum Gasteiger partial charge on any atom is 0.277 e. The van der Waals surface area contributed by atoms with Crippen molar-refractivity contribution in [3.8, 4) is 5.75 Å². The number of nitrogens with zero attached hydrogens (tertiary/aromatic N) is 3. The van der Waals surface area contributed by atoms with Crippen LogP contribution in [0.15, 0.2) is 41.5 Å². The number of carbonyl (C=O) groups excluding carboxylic acids is 1. The summed E-state index contributed by atoms with van der Waals surface area (Å²) in [5, 5.41) is 4.73. The molecule has 0 spiro atoms. The number of hydrogen-bond donors (Lipinski definition) is 1. The van der Waals surface area contributed by atoms with Gasteiger partial charge in [0.05, 0.1) is 11.2 Å². The Hall–Kier alpha value is -2.73. The van der Waals surface area contributed by atoms with E-state index in [0.29, 0.717) is 16.7 Å².